The van der Waals surface area contributed by atoms with Gasteiger partial charge in [-0.1, -0.05) is 23.7 Å². The summed E-state index contributed by atoms with van der Waals surface area (Å²) in [5.41, 5.74) is 3.17. The van der Waals surface area contributed by atoms with Gasteiger partial charge in [-0.3, -0.25) is 4.90 Å². The van der Waals surface area contributed by atoms with Crippen LogP contribution in [0.5, 0.6) is 11.6 Å². The van der Waals surface area contributed by atoms with Crippen molar-refractivity contribution in [3.63, 3.8) is 0 Å². The molecule has 42 heavy (non-hydrogen) atoms. The first-order chi connectivity index (χ1) is 20.4. The number of nitrogens with zero attached hydrogens (tertiary/aromatic N) is 4. The molecule has 2 aliphatic heterocycles. The normalized spacial score (nSPS) is 17.7. The van der Waals surface area contributed by atoms with Crippen LogP contribution in [-0.4, -0.2) is 62.9 Å². The van der Waals surface area contributed by atoms with Crippen LogP contribution in [0.15, 0.2) is 54.6 Å². The molecule has 0 bridgehead atoms. The van der Waals surface area contributed by atoms with Crippen LogP contribution in [0.2, 0.25) is 5.02 Å². The number of fused-ring (bicyclic) bond motifs is 1. The van der Waals surface area contributed by atoms with Crippen molar-refractivity contribution in [2.75, 3.05) is 26.3 Å². The van der Waals surface area contributed by atoms with Gasteiger partial charge in [0.1, 0.15) is 24.0 Å². The zero-order valence-electron chi connectivity index (χ0n) is 23.0. The molecule has 2 aromatic heterocycles. The SMILES string of the molecule is O=C(O)COc1ccc2c(c1)nc(CN1CCC(c3cccc(OCc4ccc(Cl)cc4F)n3)CC1)n2C[C@@H]1CCO1. The lowest BCUT2D eigenvalue weighted by molar-refractivity contribution is -0.139. The highest BCUT2D eigenvalue weighted by atomic mass is 35.5. The molecule has 1 N–H and O–H groups in total. The maximum absolute atomic E-state index is 14.1. The first kappa shape index (κ1) is 28.4. The lowest BCUT2D eigenvalue weighted by Gasteiger charge is -2.32. The summed E-state index contributed by atoms with van der Waals surface area (Å²) in [4.78, 5) is 23.0. The molecule has 0 aliphatic carbocycles. The van der Waals surface area contributed by atoms with Crippen molar-refractivity contribution in [2.24, 2.45) is 0 Å². The van der Waals surface area contributed by atoms with E-state index in [1.807, 2.05) is 18.2 Å². The number of benzene rings is 2. The highest BCUT2D eigenvalue weighted by Crippen LogP contribution is 2.30. The Morgan fingerprint density at radius 2 is 1.90 bits per heavy atom. The van der Waals surface area contributed by atoms with Gasteiger partial charge in [0.25, 0.3) is 0 Å². The summed E-state index contributed by atoms with van der Waals surface area (Å²) in [5, 5.41) is 9.30. The van der Waals surface area contributed by atoms with Crippen LogP contribution in [0.1, 0.15) is 42.3 Å². The zero-order chi connectivity index (χ0) is 29.1. The minimum absolute atomic E-state index is 0.0813. The number of halogens is 2. The van der Waals surface area contributed by atoms with E-state index in [9.17, 15) is 9.18 Å². The Hall–Kier alpha value is -3.73. The van der Waals surface area contributed by atoms with Crippen LogP contribution in [0.4, 0.5) is 4.39 Å². The molecule has 2 saturated heterocycles. The second-order valence-corrected chi connectivity index (χ2v) is 11.2. The van der Waals surface area contributed by atoms with E-state index in [2.05, 4.69) is 9.47 Å². The van der Waals surface area contributed by atoms with Crippen molar-refractivity contribution < 1.29 is 28.5 Å². The third-order valence-electron chi connectivity index (χ3n) is 7.85. The lowest BCUT2D eigenvalue weighted by Crippen LogP contribution is -2.35. The molecular formula is C31H32ClFN4O5. The maximum atomic E-state index is 14.1. The van der Waals surface area contributed by atoms with Crippen molar-refractivity contribution in [1.82, 2.24) is 19.4 Å². The van der Waals surface area contributed by atoms with E-state index in [0.717, 1.165) is 68.1 Å². The van der Waals surface area contributed by atoms with Crippen molar-refractivity contribution in [3.05, 3.63) is 82.5 Å². The van der Waals surface area contributed by atoms with Gasteiger partial charge in [-0.2, -0.15) is 0 Å². The first-order valence-electron chi connectivity index (χ1n) is 14.1. The average Bonchev–Trinajstić information content (AvgIpc) is 3.29. The molecule has 2 aromatic carbocycles. The number of carboxylic acids is 1. The molecule has 2 aliphatic rings. The molecule has 0 spiro atoms. The largest absolute Gasteiger partial charge is 0.482 e. The minimum Gasteiger partial charge on any atom is -0.482 e. The molecule has 0 saturated carbocycles. The van der Waals surface area contributed by atoms with Crippen LogP contribution in [-0.2, 0) is 29.2 Å². The van der Waals surface area contributed by atoms with Crippen LogP contribution in [0, 0.1) is 5.82 Å². The van der Waals surface area contributed by atoms with Gasteiger partial charge in [0.05, 0.1) is 30.2 Å². The third kappa shape index (κ3) is 6.67. The van der Waals surface area contributed by atoms with Crippen molar-refractivity contribution >= 4 is 28.6 Å². The number of aromatic nitrogens is 3. The Morgan fingerprint density at radius 3 is 2.64 bits per heavy atom. The fourth-order valence-electron chi connectivity index (χ4n) is 5.47. The first-order valence-corrected chi connectivity index (χ1v) is 14.5. The molecule has 9 nitrogen and oxygen atoms in total. The summed E-state index contributed by atoms with van der Waals surface area (Å²) < 4.78 is 33.3. The predicted octanol–water partition coefficient (Wildman–Crippen LogP) is 5.43. The number of hydrogen-bond acceptors (Lipinski definition) is 7. The van der Waals surface area contributed by atoms with Gasteiger partial charge in [-0.25, -0.2) is 19.2 Å². The minimum atomic E-state index is -1.02. The quantitative estimate of drug-likeness (QED) is 0.245. The van der Waals surface area contributed by atoms with E-state index in [4.69, 9.17) is 40.9 Å². The summed E-state index contributed by atoms with van der Waals surface area (Å²) in [5.74, 6) is 0.800. The molecular weight excluding hydrogens is 563 g/mol. The standard InChI is InChI=1S/C31H32ClFN4O5/c32-22-5-4-21(25(33)14-22)18-42-30-3-1-2-26(35-30)20-8-11-36(12-9-20)17-29-34-27-15-23(41-19-31(38)39)6-7-28(27)37(29)16-24-10-13-40-24/h1-7,14-15,20,24H,8-13,16-19H2,(H,38,39)/t24-/m0/s1. The van der Waals surface area contributed by atoms with E-state index in [-0.39, 0.29) is 12.7 Å². The summed E-state index contributed by atoms with van der Waals surface area (Å²) in [7, 11) is 0. The molecule has 4 heterocycles. The molecule has 0 radical (unpaired) electrons. The van der Waals surface area contributed by atoms with Gasteiger partial charge in [-0.05, 0) is 62.7 Å². The second kappa shape index (κ2) is 12.6. The number of imidazole rings is 1. The average molecular weight is 595 g/mol. The number of carboxylic acid groups (broad SMARTS) is 1. The Labute approximate surface area is 247 Å². The maximum Gasteiger partial charge on any atom is 0.341 e. The van der Waals surface area contributed by atoms with Crippen molar-refractivity contribution in [3.8, 4) is 11.6 Å². The van der Waals surface area contributed by atoms with Gasteiger partial charge in [-0.15, -0.1) is 0 Å². The van der Waals surface area contributed by atoms with Crippen LogP contribution < -0.4 is 9.47 Å². The number of ether oxygens (including phenoxy) is 3. The highest BCUT2D eigenvalue weighted by molar-refractivity contribution is 6.30. The number of aliphatic carboxylic acids is 1. The highest BCUT2D eigenvalue weighted by Gasteiger charge is 2.26. The number of pyridine rings is 1. The molecule has 6 rings (SSSR count). The van der Waals surface area contributed by atoms with Gasteiger partial charge in [0.2, 0.25) is 5.88 Å². The topological polar surface area (TPSA) is 98.9 Å². The zero-order valence-corrected chi connectivity index (χ0v) is 23.8. The monoisotopic (exact) mass is 594 g/mol. The number of piperidine rings is 1. The molecule has 11 heteroatoms. The Bertz CT molecular complexity index is 1570. The smallest absolute Gasteiger partial charge is 0.341 e. The Morgan fingerprint density at radius 1 is 1.07 bits per heavy atom. The Kier molecular flexibility index (Phi) is 8.55. The number of rotatable bonds is 11. The predicted molar refractivity (Wildman–Crippen MR) is 154 cm³/mol. The number of likely N-dealkylation sites (tertiary alicyclic amines) is 1. The fraction of sp³-hybridized carbons (Fsp3) is 0.387. The molecule has 2 fully saturated rings. The van der Waals surface area contributed by atoms with E-state index in [1.165, 1.54) is 6.07 Å². The van der Waals surface area contributed by atoms with E-state index < -0.39 is 18.4 Å². The number of hydrogen-bond donors (Lipinski definition) is 1. The van der Waals surface area contributed by atoms with Crippen molar-refractivity contribution in [1.29, 1.82) is 0 Å². The Balaban J connectivity index is 1.10. The summed E-state index contributed by atoms with van der Waals surface area (Å²) in [6, 6.07) is 15.8. The summed E-state index contributed by atoms with van der Waals surface area (Å²) in [6.45, 7) is 3.68. The van der Waals surface area contributed by atoms with Crippen LogP contribution in [0.25, 0.3) is 11.0 Å². The fourth-order valence-corrected chi connectivity index (χ4v) is 5.63. The van der Waals surface area contributed by atoms with Gasteiger partial charge >= 0.3 is 5.97 Å². The second-order valence-electron chi connectivity index (χ2n) is 10.7. The number of carbonyl (C=O) groups is 1. The molecule has 0 amide bonds. The van der Waals surface area contributed by atoms with Gasteiger partial charge in [0, 0.05) is 40.9 Å². The summed E-state index contributed by atoms with van der Waals surface area (Å²) >= 11 is 5.85. The molecule has 1 atom stereocenters. The molecule has 0 unspecified atom stereocenters. The van der Waals surface area contributed by atoms with E-state index in [0.29, 0.717) is 34.7 Å². The molecule has 4 aromatic rings. The third-order valence-corrected chi connectivity index (χ3v) is 8.08. The van der Waals surface area contributed by atoms with E-state index >= 15 is 0 Å². The van der Waals surface area contributed by atoms with Gasteiger partial charge in [0.15, 0.2) is 6.61 Å². The summed E-state index contributed by atoms with van der Waals surface area (Å²) in [6.07, 6.45) is 3.09. The van der Waals surface area contributed by atoms with Crippen LogP contribution in [0.3, 0.4) is 0 Å². The van der Waals surface area contributed by atoms with Crippen molar-refractivity contribution in [2.45, 2.75) is 51.0 Å². The van der Waals surface area contributed by atoms with E-state index in [1.54, 1.807) is 30.3 Å². The van der Waals surface area contributed by atoms with Gasteiger partial charge < -0.3 is 23.9 Å². The lowest BCUT2D eigenvalue weighted by atomic mass is 9.93. The molecule has 220 valence electrons. The van der Waals surface area contributed by atoms with Crippen LogP contribution >= 0.6 is 11.6 Å².